The van der Waals surface area contributed by atoms with Crippen LogP contribution in [-0.2, 0) is 0 Å². The van der Waals surface area contributed by atoms with Crippen molar-refractivity contribution in [3.8, 4) is 0 Å². The maximum Gasteiger partial charge on any atom is 0.223 e. The van der Waals surface area contributed by atoms with Gasteiger partial charge in [-0.05, 0) is 45.8 Å². The van der Waals surface area contributed by atoms with Gasteiger partial charge in [-0.1, -0.05) is 30.3 Å². The standard InChI is InChI=1S/C21H29N5O/c1-15(22)19(20(27)16-7-4-3-5-8-16)18-11-13-24-21(25-18)23-12-10-17-9-6-14-26(17)2/h3-5,7-8,11,13,15,17,27H,6,9-10,12,14,22H2,1-2H3,(H,23,24,25)/p+1. The Hall–Kier alpha value is -2.44. The van der Waals surface area contributed by atoms with Gasteiger partial charge in [-0.2, -0.15) is 0 Å². The molecule has 1 aliphatic heterocycles. The Bertz CT molecular complexity index is 775. The number of benzene rings is 1. The second-order valence-electron chi connectivity index (χ2n) is 7.29. The van der Waals surface area contributed by atoms with Crippen molar-refractivity contribution in [2.75, 3.05) is 25.5 Å². The van der Waals surface area contributed by atoms with Crippen LogP contribution >= 0.6 is 0 Å². The summed E-state index contributed by atoms with van der Waals surface area (Å²) in [6.45, 7) is 3.98. The molecule has 2 unspecified atom stereocenters. The van der Waals surface area contributed by atoms with Crippen LogP contribution in [0.5, 0.6) is 0 Å². The molecule has 3 rings (SSSR count). The summed E-state index contributed by atoms with van der Waals surface area (Å²) in [7, 11) is 2.19. The monoisotopic (exact) mass is 368 g/mol. The van der Waals surface area contributed by atoms with Crippen LogP contribution in [0.1, 0.15) is 37.4 Å². The van der Waals surface area contributed by atoms with E-state index in [4.69, 9.17) is 0 Å². The van der Waals surface area contributed by atoms with Crippen LogP contribution in [0.15, 0.2) is 42.6 Å². The third kappa shape index (κ3) is 4.84. The highest BCUT2D eigenvalue weighted by Crippen LogP contribution is 2.25. The third-order valence-corrected chi connectivity index (χ3v) is 5.16. The average molecular weight is 369 g/mol. The van der Waals surface area contributed by atoms with E-state index in [1.807, 2.05) is 43.3 Å². The molecule has 1 fully saturated rings. The highest BCUT2D eigenvalue weighted by molar-refractivity contribution is 5.87. The Labute approximate surface area is 161 Å². The smallest absolute Gasteiger partial charge is 0.223 e. The summed E-state index contributed by atoms with van der Waals surface area (Å²) in [5.41, 5.74) is 6.30. The molecule has 1 aliphatic rings. The minimum Gasteiger partial charge on any atom is -0.507 e. The van der Waals surface area contributed by atoms with E-state index in [1.54, 1.807) is 6.20 Å². The molecule has 0 amide bonds. The normalized spacial score (nSPS) is 19.6. The molecule has 0 saturated carbocycles. The van der Waals surface area contributed by atoms with E-state index in [-0.39, 0.29) is 11.8 Å². The van der Waals surface area contributed by atoms with Gasteiger partial charge in [0.2, 0.25) is 5.95 Å². The summed E-state index contributed by atoms with van der Waals surface area (Å²) >= 11 is 0. The zero-order valence-corrected chi connectivity index (χ0v) is 16.2. The summed E-state index contributed by atoms with van der Waals surface area (Å²) in [5.74, 6) is 0.808. The van der Waals surface area contributed by atoms with E-state index < -0.39 is 0 Å². The van der Waals surface area contributed by atoms with Crippen LogP contribution in [0.3, 0.4) is 0 Å². The highest BCUT2D eigenvalue weighted by Gasteiger charge is 2.21. The zero-order chi connectivity index (χ0) is 19.2. The molecule has 5 N–H and O–H groups in total. The zero-order valence-electron chi connectivity index (χ0n) is 16.2. The summed E-state index contributed by atoms with van der Waals surface area (Å²) < 4.78 is 0. The molecule has 2 heterocycles. The molecule has 6 nitrogen and oxygen atoms in total. The number of hydrogen-bond donors (Lipinski definition) is 3. The molecule has 144 valence electrons. The number of aliphatic hydroxyl groups is 1. The van der Waals surface area contributed by atoms with Gasteiger partial charge in [-0.3, -0.25) is 0 Å². The van der Waals surface area contributed by atoms with Crippen molar-refractivity contribution in [1.82, 2.24) is 14.9 Å². The first-order chi connectivity index (χ1) is 13.1. The largest absolute Gasteiger partial charge is 0.507 e. The number of hydrogen-bond acceptors (Lipinski definition) is 5. The molecular weight excluding hydrogens is 338 g/mol. The summed E-state index contributed by atoms with van der Waals surface area (Å²) in [6.07, 6.45) is 5.35. The second-order valence-corrected chi connectivity index (χ2v) is 7.29. The van der Waals surface area contributed by atoms with E-state index in [0.29, 0.717) is 17.7 Å². The van der Waals surface area contributed by atoms with Crippen molar-refractivity contribution in [3.63, 3.8) is 0 Å². The van der Waals surface area contributed by atoms with Crippen LogP contribution in [0.2, 0.25) is 0 Å². The average Bonchev–Trinajstić information content (AvgIpc) is 3.07. The van der Waals surface area contributed by atoms with Crippen molar-refractivity contribution in [1.29, 1.82) is 0 Å². The predicted molar refractivity (Wildman–Crippen MR) is 109 cm³/mol. The fraction of sp³-hybridized carbons (Fsp3) is 0.429. The van der Waals surface area contributed by atoms with E-state index in [0.717, 1.165) is 24.1 Å². The van der Waals surface area contributed by atoms with E-state index in [2.05, 4.69) is 33.0 Å². The number of rotatable bonds is 7. The van der Waals surface area contributed by atoms with Gasteiger partial charge in [-0.15, -0.1) is 0 Å². The molecule has 0 bridgehead atoms. The lowest BCUT2D eigenvalue weighted by Gasteiger charge is -2.19. The van der Waals surface area contributed by atoms with Crippen LogP contribution < -0.4 is 11.1 Å². The third-order valence-electron chi connectivity index (χ3n) is 5.16. The topological polar surface area (TPSA) is 88.9 Å². The Morgan fingerprint density at radius 3 is 2.78 bits per heavy atom. The molecule has 2 aromatic rings. The second kappa shape index (κ2) is 8.97. The van der Waals surface area contributed by atoms with Crippen LogP contribution in [0.4, 0.5) is 5.95 Å². The number of anilines is 1. The first kappa shape index (κ1) is 19.3. The fourth-order valence-corrected chi connectivity index (χ4v) is 3.65. The maximum atomic E-state index is 10.8. The van der Waals surface area contributed by atoms with Gasteiger partial charge in [0.15, 0.2) is 0 Å². The summed E-state index contributed by atoms with van der Waals surface area (Å²) in [4.78, 5) is 11.4. The van der Waals surface area contributed by atoms with Gasteiger partial charge in [0.05, 0.1) is 11.3 Å². The number of aliphatic hydroxyl groups excluding tert-OH is 1. The number of aromatic nitrogens is 2. The Kier molecular flexibility index (Phi) is 6.42. The minimum absolute atomic E-state index is 0.111. The minimum atomic E-state index is -0.111. The molecule has 2 atom stereocenters. The van der Waals surface area contributed by atoms with Gasteiger partial charge < -0.3 is 21.1 Å². The predicted octanol–water partition coefficient (Wildman–Crippen LogP) is 2.43. The van der Waals surface area contributed by atoms with Crippen molar-refractivity contribution in [2.45, 2.75) is 38.3 Å². The van der Waals surface area contributed by atoms with Gasteiger partial charge >= 0.3 is 0 Å². The molecule has 1 aromatic heterocycles. The number of quaternary nitrogens is 1. The van der Waals surface area contributed by atoms with E-state index in [9.17, 15) is 5.11 Å². The van der Waals surface area contributed by atoms with E-state index in [1.165, 1.54) is 19.4 Å². The van der Waals surface area contributed by atoms with Crippen molar-refractivity contribution >= 4 is 17.3 Å². The quantitative estimate of drug-likeness (QED) is 0.653. The van der Waals surface area contributed by atoms with Crippen LogP contribution in [0, 0.1) is 0 Å². The Morgan fingerprint density at radius 1 is 1.33 bits per heavy atom. The van der Waals surface area contributed by atoms with Gasteiger partial charge in [0, 0.05) is 24.3 Å². The first-order valence-electron chi connectivity index (χ1n) is 9.65. The SMILES string of the molecule is CC([NH3+])C(=C(O)c1ccccc1)c1ccnc(NCCC2CCCN2C)n1. The fourth-order valence-electron chi connectivity index (χ4n) is 3.65. The summed E-state index contributed by atoms with van der Waals surface area (Å²) in [5, 5.41) is 14.1. The van der Waals surface area contributed by atoms with Gasteiger partial charge in [-0.25, -0.2) is 9.97 Å². The highest BCUT2D eigenvalue weighted by atomic mass is 16.3. The molecule has 0 aliphatic carbocycles. The number of nitrogens with zero attached hydrogens (tertiary/aromatic N) is 3. The van der Waals surface area contributed by atoms with Gasteiger partial charge in [0.25, 0.3) is 0 Å². The van der Waals surface area contributed by atoms with Gasteiger partial charge in [0.1, 0.15) is 11.8 Å². The van der Waals surface area contributed by atoms with Crippen molar-refractivity contribution < 1.29 is 10.8 Å². The lowest BCUT2D eigenvalue weighted by atomic mass is 10.00. The van der Waals surface area contributed by atoms with Crippen molar-refractivity contribution in [2.24, 2.45) is 0 Å². The Balaban J connectivity index is 1.76. The molecule has 6 heteroatoms. The molecule has 27 heavy (non-hydrogen) atoms. The number of nitrogens with one attached hydrogen (secondary N) is 1. The van der Waals surface area contributed by atoms with E-state index >= 15 is 0 Å². The van der Waals surface area contributed by atoms with Crippen LogP contribution in [0.25, 0.3) is 11.3 Å². The lowest BCUT2D eigenvalue weighted by Crippen LogP contribution is -2.59. The maximum absolute atomic E-state index is 10.8. The molecule has 1 saturated heterocycles. The lowest BCUT2D eigenvalue weighted by molar-refractivity contribution is -0.393. The Morgan fingerprint density at radius 2 is 2.11 bits per heavy atom. The molecule has 0 radical (unpaired) electrons. The molecule has 1 aromatic carbocycles. The van der Waals surface area contributed by atoms with Crippen molar-refractivity contribution in [3.05, 3.63) is 53.9 Å². The van der Waals surface area contributed by atoms with Crippen LogP contribution in [-0.4, -0.2) is 52.2 Å². The first-order valence-corrected chi connectivity index (χ1v) is 9.65. The molecular formula is C21H30N5O+. The molecule has 0 spiro atoms. The summed E-state index contributed by atoms with van der Waals surface area (Å²) in [6, 6.07) is 11.9. The number of likely N-dealkylation sites (tertiary alicyclic amines) is 1.